The van der Waals surface area contributed by atoms with Crippen molar-refractivity contribution in [2.45, 2.75) is 19.4 Å². The fraction of sp³-hybridized carbons (Fsp3) is 0.400. The molecule has 1 unspecified atom stereocenters. The quantitative estimate of drug-likeness (QED) is 0.696. The number of nitrogens with one attached hydrogen (secondary N) is 1. The van der Waals surface area contributed by atoms with Crippen LogP contribution in [-0.4, -0.2) is 16.5 Å². The van der Waals surface area contributed by atoms with Gasteiger partial charge in [-0.1, -0.05) is 13.0 Å². The van der Waals surface area contributed by atoms with Crippen molar-refractivity contribution in [1.82, 2.24) is 15.3 Å². The minimum absolute atomic E-state index is 0.168. The first kappa shape index (κ1) is 9.86. The van der Waals surface area contributed by atoms with Crippen LogP contribution in [0.2, 0.25) is 0 Å². The zero-order valence-electron chi connectivity index (χ0n) is 7.90. The van der Waals surface area contributed by atoms with Crippen LogP contribution in [-0.2, 0) is 0 Å². The Morgan fingerprint density at radius 2 is 2.23 bits per heavy atom. The number of hydrogen-bond acceptors (Lipinski definition) is 3. The molecule has 1 atom stereocenters. The van der Waals surface area contributed by atoms with Gasteiger partial charge in [0.25, 0.3) is 0 Å². The molecule has 1 aromatic rings. The van der Waals surface area contributed by atoms with Crippen molar-refractivity contribution in [3.8, 4) is 0 Å². The van der Waals surface area contributed by atoms with Crippen molar-refractivity contribution in [2.24, 2.45) is 0 Å². The van der Waals surface area contributed by atoms with Gasteiger partial charge < -0.3 is 5.32 Å². The highest BCUT2D eigenvalue weighted by atomic mass is 14.9. The van der Waals surface area contributed by atoms with Gasteiger partial charge in [-0.15, -0.1) is 6.58 Å². The van der Waals surface area contributed by atoms with Crippen LogP contribution in [0.3, 0.4) is 0 Å². The minimum atomic E-state index is 0.168. The molecular weight excluding hydrogens is 162 g/mol. The lowest BCUT2D eigenvalue weighted by Crippen LogP contribution is -2.20. The van der Waals surface area contributed by atoms with Crippen LogP contribution in [0.25, 0.3) is 0 Å². The molecule has 0 aromatic carbocycles. The first-order valence-electron chi connectivity index (χ1n) is 4.49. The van der Waals surface area contributed by atoms with E-state index in [0.29, 0.717) is 0 Å². The van der Waals surface area contributed by atoms with Crippen molar-refractivity contribution in [3.63, 3.8) is 0 Å². The summed E-state index contributed by atoms with van der Waals surface area (Å²) in [5, 5.41) is 3.34. The maximum atomic E-state index is 3.96. The second-order valence-corrected chi connectivity index (χ2v) is 2.84. The first-order valence-corrected chi connectivity index (χ1v) is 4.49. The molecule has 1 rings (SSSR count). The van der Waals surface area contributed by atoms with E-state index in [1.54, 1.807) is 0 Å². The molecule has 1 aromatic heterocycles. The van der Waals surface area contributed by atoms with Crippen LogP contribution in [0.15, 0.2) is 31.4 Å². The average molecular weight is 177 g/mol. The van der Waals surface area contributed by atoms with Crippen LogP contribution in [0.4, 0.5) is 0 Å². The number of nitrogens with zero attached hydrogens (tertiary/aromatic N) is 2. The Hall–Kier alpha value is -1.22. The van der Waals surface area contributed by atoms with Gasteiger partial charge in [0.05, 0.1) is 6.04 Å². The summed E-state index contributed by atoms with van der Waals surface area (Å²) in [6.07, 6.45) is 8.12. The lowest BCUT2D eigenvalue weighted by atomic mass is 10.1. The molecule has 0 fully saturated rings. The molecule has 3 heteroatoms. The smallest absolute Gasteiger partial charge is 0.115 e. The van der Waals surface area contributed by atoms with E-state index in [9.17, 15) is 0 Å². The average Bonchev–Trinajstić information content (AvgIpc) is 2.21. The molecule has 0 saturated heterocycles. The lowest BCUT2D eigenvalue weighted by Gasteiger charge is -2.12. The Kier molecular flexibility index (Phi) is 4.12. The van der Waals surface area contributed by atoms with E-state index in [1.165, 1.54) is 6.33 Å². The normalized spacial score (nSPS) is 12.4. The zero-order valence-corrected chi connectivity index (χ0v) is 7.90. The summed E-state index contributed by atoms with van der Waals surface area (Å²) in [6, 6.07) is 0.168. The van der Waals surface area contributed by atoms with Gasteiger partial charge in [0.2, 0.25) is 0 Å². The molecule has 0 spiro atoms. The first-order chi connectivity index (χ1) is 6.38. The van der Waals surface area contributed by atoms with Crippen LogP contribution in [0, 0.1) is 0 Å². The van der Waals surface area contributed by atoms with Crippen molar-refractivity contribution in [1.29, 1.82) is 0 Å². The van der Waals surface area contributed by atoms with E-state index >= 15 is 0 Å². The monoisotopic (exact) mass is 177 g/mol. The summed E-state index contributed by atoms with van der Waals surface area (Å²) in [7, 11) is 0. The Morgan fingerprint density at radius 3 is 2.77 bits per heavy atom. The van der Waals surface area contributed by atoms with Gasteiger partial charge in [0.15, 0.2) is 0 Å². The highest BCUT2D eigenvalue weighted by molar-refractivity contribution is 5.14. The molecule has 0 amide bonds. The highest BCUT2D eigenvalue weighted by Gasteiger charge is 2.04. The third-order valence-corrected chi connectivity index (χ3v) is 1.79. The van der Waals surface area contributed by atoms with E-state index in [2.05, 4.69) is 28.8 Å². The molecule has 1 heterocycles. The predicted octanol–water partition coefficient (Wildman–Crippen LogP) is 1.70. The van der Waals surface area contributed by atoms with Gasteiger partial charge in [0.1, 0.15) is 6.33 Å². The summed E-state index contributed by atoms with van der Waals surface area (Å²) in [5.74, 6) is 0. The molecule has 1 N–H and O–H groups in total. The molecule has 0 bridgehead atoms. The predicted molar refractivity (Wildman–Crippen MR) is 53.3 cm³/mol. The van der Waals surface area contributed by atoms with E-state index in [0.717, 1.165) is 18.5 Å². The van der Waals surface area contributed by atoms with Crippen molar-refractivity contribution < 1.29 is 0 Å². The third kappa shape index (κ3) is 2.95. The van der Waals surface area contributed by atoms with Crippen LogP contribution in [0.5, 0.6) is 0 Å². The molecule has 3 nitrogen and oxygen atoms in total. The summed E-state index contributed by atoms with van der Waals surface area (Å²) in [4.78, 5) is 7.93. The van der Waals surface area contributed by atoms with Crippen molar-refractivity contribution in [3.05, 3.63) is 36.9 Å². The molecule has 0 aliphatic rings. The number of hydrogen-bond donors (Lipinski definition) is 1. The van der Waals surface area contributed by atoms with Gasteiger partial charge in [-0.2, -0.15) is 0 Å². The van der Waals surface area contributed by atoms with Gasteiger partial charge >= 0.3 is 0 Å². The second-order valence-electron chi connectivity index (χ2n) is 2.84. The maximum Gasteiger partial charge on any atom is 0.115 e. The Morgan fingerprint density at radius 1 is 1.54 bits per heavy atom. The molecule has 13 heavy (non-hydrogen) atoms. The third-order valence-electron chi connectivity index (χ3n) is 1.79. The molecule has 0 aliphatic carbocycles. The maximum absolute atomic E-state index is 3.96. The van der Waals surface area contributed by atoms with E-state index in [1.807, 2.05) is 18.5 Å². The molecule has 0 radical (unpaired) electrons. The Balaban J connectivity index is 2.61. The molecule has 0 saturated carbocycles. The Bertz CT molecular complexity index is 246. The lowest BCUT2D eigenvalue weighted by molar-refractivity contribution is 0.610. The van der Waals surface area contributed by atoms with Crippen molar-refractivity contribution >= 4 is 0 Å². The topological polar surface area (TPSA) is 37.8 Å². The highest BCUT2D eigenvalue weighted by Crippen LogP contribution is 2.10. The van der Waals surface area contributed by atoms with Gasteiger partial charge in [-0.3, -0.25) is 0 Å². The van der Waals surface area contributed by atoms with Gasteiger partial charge in [-0.05, 0) is 13.0 Å². The largest absolute Gasteiger partial charge is 0.307 e. The van der Waals surface area contributed by atoms with Gasteiger partial charge in [0, 0.05) is 18.0 Å². The van der Waals surface area contributed by atoms with Crippen LogP contribution >= 0.6 is 0 Å². The van der Waals surface area contributed by atoms with E-state index in [4.69, 9.17) is 0 Å². The number of aromatic nitrogens is 2. The second kappa shape index (κ2) is 5.43. The van der Waals surface area contributed by atoms with E-state index < -0.39 is 0 Å². The molecule has 0 aliphatic heterocycles. The van der Waals surface area contributed by atoms with Crippen LogP contribution in [0.1, 0.15) is 24.9 Å². The number of rotatable bonds is 5. The minimum Gasteiger partial charge on any atom is -0.307 e. The standard InChI is InChI=1S/C10H15N3/c1-3-5-13-10(4-2)9-6-11-8-12-7-9/h4,6-8,10,13H,2-3,5H2,1H3. The SMILES string of the molecule is C=CC(NCCC)c1cncnc1. The fourth-order valence-corrected chi connectivity index (χ4v) is 1.11. The van der Waals surface area contributed by atoms with Crippen molar-refractivity contribution in [2.75, 3.05) is 6.54 Å². The summed E-state index contributed by atoms with van der Waals surface area (Å²) >= 11 is 0. The Labute approximate surface area is 78.9 Å². The summed E-state index contributed by atoms with van der Waals surface area (Å²) in [6.45, 7) is 6.88. The van der Waals surface area contributed by atoms with Gasteiger partial charge in [-0.25, -0.2) is 9.97 Å². The molecule has 70 valence electrons. The van der Waals surface area contributed by atoms with Crippen LogP contribution < -0.4 is 5.32 Å². The van der Waals surface area contributed by atoms with E-state index in [-0.39, 0.29) is 6.04 Å². The fourth-order valence-electron chi connectivity index (χ4n) is 1.11. The zero-order chi connectivity index (χ0) is 9.52. The summed E-state index contributed by atoms with van der Waals surface area (Å²) < 4.78 is 0. The summed E-state index contributed by atoms with van der Waals surface area (Å²) in [5.41, 5.74) is 1.06. The molecular formula is C10H15N3.